The Labute approximate surface area is 333 Å². The van der Waals surface area contributed by atoms with Gasteiger partial charge in [-0.2, -0.15) is 36.3 Å². The molecule has 0 bridgehead atoms. The Morgan fingerprint density at radius 2 is 1.24 bits per heavy atom. The third kappa shape index (κ3) is 15.1. The van der Waals surface area contributed by atoms with Gasteiger partial charge in [-0.05, 0) is 43.0 Å². The molecule has 0 aliphatic rings. The predicted octanol–water partition coefficient (Wildman–Crippen LogP) is 7.70. The topological polar surface area (TPSA) is 161 Å². The number of nitrogens with one attached hydrogen (secondary N) is 1. The third-order valence-corrected chi connectivity index (χ3v) is 7.17. The Morgan fingerprint density at radius 3 is 1.71 bits per heavy atom. The molecule has 0 radical (unpaired) electrons. The Kier molecular flexibility index (Phi) is 18.7. The van der Waals surface area contributed by atoms with Gasteiger partial charge in [0.25, 0.3) is 11.6 Å². The summed E-state index contributed by atoms with van der Waals surface area (Å²) in [6, 6.07) is 14.7. The van der Waals surface area contributed by atoms with Crippen LogP contribution in [0.1, 0.15) is 53.3 Å². The number of aryl methyl sites for hydroxylation is 1. The van der Waals surface area contributed by atoms with Gasteiger partial charge in [0.15, 0.2) is 11.4 Å². The second-order valence-electron chi connectivity index (χ2n) is 11.5. The summed E-state index contributed by atoms with van der Waals surface area (Å²) in [5.74, 6) is -1.03. The number of nitrogens with zero attached hydrogens (tertiary/aromatic N) is 3. The quantitative estimate of drug-likeness (QED) is 0.0487. The van der Waals surface area contributed by atoms with Gasteiger partial charge in [0.2, 0.25) is 5.88 Å². The number of halogens is 7. The molecule has 0 amide bonds. The highest BCUT2D eigenvalue weighted by Crippen LogP contribution is 2.30. The maximum Gasteiger partial charge on any atom is 0.433 e. The van der Waals surface area contributed by atoms with E-state index < -0.39 is 47.2 Å². The van der Waals surface area contributed by atoms with Crippen molar-refractivity contribution in [1.82, 2.24) is 19.9 Å². The maximum atomic E-state index is 12.9. The van der Waals surface area contributed by atoms with Crippen LogP contribution >= 0.6 is 11.6 Å². The summed E-state index contributed by atoms with van der Waals surface area (Å²) < 4.78 is 105. The van der Waals surface area contributed by atoms with Crippen LogP contribution in [0, 0.1) is 6.92 Å². The van der Waals surface area contributed by atoms with Gasteiger partial charge in [-0.25, -0.2) is 14.6 Å². The number of hydrogen-bond acceptors (Lipinski definition) is 12. The van der Waals surface area contributed by atoms with E-state index in [1.807, 2.05) is 18.2 Å². The lowest BCUT2D eigenvalue weighted by molar-refractivity contribution is -0.142. The van der Waals surface area contributed by atoms with E-state index in [4.69, 9.17) is 35.3 Å². The van der Waals surface area contributed by atoms with Crippen LogP contribution < -0.4 is 15.0 Å². The van der Waals surface area contributed by atoms with E-state index in [1.54, 1.807) is 44.2 Å². The van der Waals surface area contributed by atoms with Gasteiger partial charge in [0, 0.05) is 18.0 Å². The second kappa shape index (κ2) is 22.6. The first-order chi connectivity index (χ1) is 27.3. The van der Waals surface area contributed by atoms with Crippen molar-refractivity contribution in [3.05, 3.63) is 123 Å². The van der Waals surface area contributed by atoms with Gasteiger partial charge in [-0.15, -0.1) is 11.6 Å². The lowest BCUT2D eigenvalue weighted by atomic mass is 10.0. The summed E-state index contributed by atoms with van der Waals surface area (Å²) in [7, 11) is 5.42. The van der Waals surface area contributed by atoms with Crippen LogP contribution in [0.3, 0.4) is 0 Å². The van der Waals surface area contributed by atoms with Gasteiger partial charge < -0.3 is 28.4 Å². The molecular formula is C38H39ClF6N4O9. The smallest absolute Gasteiger partial charge is 0.433 e. The molecule has 20 heteroatoms. The fourth-order valence-electron chi connectivity index (χ4n) is 4.48. The average Bonchev–Trinajstić information content (AvgIpc) is 3.17. The minimum absolute atomic E-state index is 0.0670. The van der Waals surface area contributed by atoms with Crippen LogP contribution in [0.2, 0.25) is 0 Å². The van der Waals surface area contributed by atoms with Gasteiger partial charge in [0.1, 0.15) is 23.6 Å². The molecule has 0 fully saturated rings. The van der Waals surface area contributed by atoms with Crippen LogP contribution in [0.5, 0.6) is 11.9 Å². The van der Waals surface area contributed by atoms with Crippen molar-refractivity contribution in [2.24, 2.45) is 0 Å². The van der Waals surface area contributed by atoms with Crippen LogP contribution in [0.4, 0.5) is 26.3 Å². The zero-order chi connectivity index (χ0) is 43.6. The minimum Gasteiger partial charge on any atom is -0.503 e. The number of esters is 2. The number of carbonyl (C=O) groups excluding carboxylic acids is 2. The number of aromatic nitrogens is 4. The summed E-state index contributed by atoms with van der Waals surface area (Å²) in [6.07, 6.45) is -7.04. The molecule has 0 atom stereocenters. The van der Waals surface area contributed by atoms with Gasteiger partial charge in [-0.1, -0.05) is 48.5 Å². The van der Waals surface area contributed by atoms with Crippen LogP contribution in [0.15, 0.2) is 78.0 Å². The molecule has 314 valence electrons. The largest absolute Gasteiger partial charge is 0.503 e. The third-order valence-electron chi connectivity index (χ3n) is 6.88. The first-order valence-corrected chi connectivity index (χ1v) is 17.1. The van der Waals surface area contributed by atoms with E-state index >= 15 is 0 Å². The summed E-state index contributed by atoms with van der Waals surface area (Å²) in [5, 5.41) is 0. The molecule has 1 N–H and O–H groups in total. The van der Waals surface area contributed by atoms with Crippen molar-refractivity contribution in [2.45, 2.75) is 51.7 Å². The van der Waals surface area contributed by atoms with Gasteiger partial charge in [-0.3, -0.25) is 9.78 Å². The van der Waals surface area contributed by atoms with Crippen molar-refractivity contribution in [2.75, 3.05) is 28.4 Å². The number of H-pyrrole nitrogens is 1. The standard InChI is InChI=1S/C18H17F3N2O4.C12H13ClO3.C8H9F3N2O2/c1-11-22-15(18(19,20)21)8-16(23-11)27-9-12-6-4-5-7-13(12)14(10-25-2)17(24)26-3;1-15-8-11(12(14)16-2)10-6-4-3-5-9(10)7-13;1-4(2)15-7-12-5(8(9,10)11)3-6(14)13-7/h4-8,10H,9H2,1-3H3;3-6,8H,7H2,1-2H3;3-4H,1-2H3,(H,12,13,14)/b14-10+;11-8+;. The summed E-state index contributed by atoms with van der Waals surface area (Å²) in [4.78, 5) is 46.8. The number of alkyl halides is 7. The molecule has 0 unspecified atom stereocenters. The average molecular weight is 845 g/mol. The van der Waals surface area contributed by atoms with Crippen molar-refractivity contribution in [3.63, 3.8) is 0 Å². The first kappa shape index (κ1) is 48.0. The normalized spacial score (nSPS) is 11.6. The summed E-state index contributed by atoms with van der Waals surface area (Å²) in [5.41, 5.74) is -0.147. The molecule has 13 nitrogen and oxygen atoms in total. The van der Waals surface area contributed by atoms with Gasteiger partial charge >= 0.3 is 24.3 Å². The number of carbonyl (C=O) groups is 2. The van der Waals surface area contributed by atoms with Crippen molar-refractivity contribution in [3.8, 4) is 11.9 Å². The predicted molar refractivity (Wildman–Crippen MR) is 198 cm³/mol. The molecule has 0 saturated carbocycles. The molecule has 4 aromatic rings. The first-order valence-electron chi connectivity index (χ1n) is 16.5. The number of ether oxygens (including phenoxy) is 6. The zero-order valence-electron chi connectivity index (χ0n) is 32.1. The van der Waals surface area contributed by atoms with Crippen molar-refractivity contribution < 1.29 is 64.4 Å². The van der Waals surface area contributed by atoms with E-state index in [-0.39, 0.29) is 30.0 Å². The molecule has 2 heterocycles. The van der Waals surface area contributed by atoms with Crippen LogP contribution in [-0.4, -0.2) is 66.4 Å². The molecule has 4 rings (SSSR count). The summed E-state index contributed by atoms with van der Waals surface area (Å²) in [6.45, 7) is 4.44. The number of rotatable bonds is 12. The Morgan fingerprint density at radius 1 is 0.759 bits per heavy atom. The molecule has 2 aromatic carbocycles. The fourth-order valence-corrected chi connectivity index (χ4v) is 4.71. The maximum absolute atomic E-state index is 12.9. The monoisotopic (exact) mass is 844 g/mol. The molecule has 0 saturated heterocycles. The second-order valence-corrected chi connectivity index (χ2v) is 11.8. The SMILES string of the molecule is CC(C)Oc1nc(C(F)(F)F)cc(=O)[nH]1.CO/C=C(/C(=O)OC)c1ccccc1CCl.CO/C=C(/C(=O)OC)c1ccccc1COc1cc(C(F)(F)F)nc(C)n1. The highest BCUT2D eigenvalue weighted by Gasteiger charge is 2.34. The number of methoxy groups -OCH3 is 4. The van der Waals surface area contributed by atoms with E-state index in [2.05, 4.69) is 24.7 Å². The van der Waals surface area contributed by atoms with E-state index in [0.29, 0.717) is 28.6 Å². The van der Waals surface area contributed by atoms with Crippen LogP contribution in [-0.2, 0) is 53.4 Å². The highest BCUT2D eigenvalue weighted by molar-refractivity contribution is 6.20. The molecule has 0 spiro atoms. The van der Waals surface area contributed by atoms with Gasteiger partial charge in [0.05, 0.1) is 47.1 Å². The number of aromatic amines is 1. The van der Waals surface area contributed by atoms with Crippen molar-refractivity contribution >= 4 is 34.7 Å². The molecule has 0 aliphatic heterocycles. The zero-order valence-corrected chi connectivity index (χ0v) is 32.8. The lowest BCUT2D eigenvalue weighted by Gasteiger charge is -2.13. The van der Waals surface area contributed by atoms with Crippen LogP contribution in [0.25, 0.3) is 11.1 Å². The minimum atomic E-state index is -4.65. The number of benzene rings is 2. The molecular weight excluding hydrogens is 806 g/mol. The highest BCUT2D eigenvalue weighted by atomic mass is 35.5. The molecule has 2 aromatic heterocycles. The van der Waals surface area contributed by atoms with E-state index in [1.165, 1.54) is 47.9 Å². The fraction of sp³-hybridized carbons (Fsp3) is 0.316. The Balaban J connectivity index is 0.000000321. The van der Waals surface area contributed by atoms with E-state index in [9.17, 15) is 40.7 Å². The Hall–Kier alpha value is -6.11. The Bertz CT molecular complexity index is 2110. The summed E-state index contributed by atoms with van der Waals surface area (Å²) >= 11 is 5.80. The molecule has 58 heavy (non-hydrogen) atoms. The number of hydrogen-bond donors (Lipinski definition) is 1. The molecule has 0 aliphatic carbocycles. The van der Waals surface area contributed by atoms with E-state index in [0.717, 1.165) is 17.2 Å². The van der Waals surface area contributed by atoms with Crippen molar-refractivity contribution in [1.29, 1.82) is 0 Å². The lowest BCUT2D eigenvalue weighted by Crippen LogP contribution is -2.19.